The Balaban J connectivity index is 2.94. The van der Waals surface area contributed by atoms with E-state index in [0.717, 1.165) is 37.2 Å². The van der Waals surface area contributed by atoms with Crippen LogP contribution in [-0.4, -0.2) is 35.4 Å². The Morgan fingerprint density at radius 3 is 2.65 bits per heavy atom. The van der Waals surface area contributed by atoms with Crippen LogP contribution in [0.3, 0.4) is 0 Å². The summed E-state index contributed by atoms with van der Waals surface area (Å²) in [4.78, 5) is 18.9. The van der Waals surface area contributed by atoms with Gasteiger partial charge in [-0.25, -0.2) is 0 Å². The minimum Gasteiger partial charge on any atom is -0.387 e. The molecular weight excluding hydrogens is 250 g/mol. The van der Waals surface area contributed by atoms with Crippen molar-refractivity contribution in [2.75, 3.05) is 18.9 Å². The highest BCUT2D eigenvalue weighted by atomic mass is 16.2. The summed E-state index contributed by atoms with van der Waals surface area (Å²) in [6.45, 7) is 9.03. The first-order valence-electron chi connectivity index (χ1n) is 7.46. The number of nitrogens with one attached hydrogen (secondary N) is 1. The van der Waals surface area contributed by atoms with E-state index in [2.05, 4.69) is 31.1 Å². The molecule has 0 aliphatic carbocycles. The van der Waals surface area contributed by atoms with E-state index in [1.165, 1.54) is 0 Å². The summed E-state index contributed by atoms with van der Waals surface area (Å²) in [5, 5.41) is 3.09. The number of nitrogens with zero attached hydrogens (tertiary/aromatic N) is 2. The van der Waals surface area contributed by atoms with Gasteiger partial charge >= 0.3 is 0 Å². The van der Waals surface area contributed by atoms with Gasteiger partial charge in [-0.15, -0.1) is 0 Å². The molecule has 20 heavy (non-hydrogen) atoms. The molecular formula is C16H27N3O. The van der Waals surface area contributed by atoms with Gasteiger partial charge in [0.05, 0.1) is 11.3 Å². The third-order valence-corrected chi connectivity index (χ3v) is 3.43. The Kier molecular flexibility index (Phi) is 6.49. The third kappa shape index (κ3) is 4.22. The van der Waals surface area contributed by atoms with Crippen molar-refractivity contribution >= 4 is 11.6 Å². The Labute approximate surface area is 122 Å². The number of unbranched alkanes of at least 4 members (excludes halogenated alkanes) is 2. The zero-order chi connectivity index (χ0) is 15.1. The number of anilines is 1. The Morgan fingerprint density at radius 1 is 1.40 bits per heavy atom. The van der Waals surface area contributed by atoms with Gasteiger partial charge in [0.1, 0.15) is 0 Å². The second-order valence-electron chi connectivity index (χ2n) is 5.42. The number of aryl methyl sites for hydroxylation is 1. The zero-order valence-corrected chi connectivity index (χ0v) is 13.4. The number of aromatic nitrogens is 1. The van der Waals surface area contributed by atoms with E-state index in [9.17, 15) is 4.79 Å². The van der Waals surface area contributed by atoms with Crippen LogP contribution in [0, 0.1) is 6.92 Å². The van der Waals surface area contributed by atoms with Crippen LogP contribution in [0.1, 0.15) is 56.1 Å². The molecule has 1 aromatic rings. The van der Waals surface area contributed by atoms with Crippen LogP contribution in [0.5, 0.6) is 0 Å². The van der Waals surface area contributed by atoms with Crippen molar-refractivity contribution in [3.8, 4) is 0 Å². The molecule has 0 aliphatic rings. The van der Waals surface area contributed by atoms with Gasteiger partial charge in [-0.2, -0.15) is 0 Å². The number of amides is 1. The molecule has 1 N–H and O–H groups in total. The first-order valence-corrected chi connectivity index (χ1v) is 7.46. The molecule has 1 amide bonds. The summed E-state index contributed by atoms with van der Waals surface area (Å²) < 4.78 is 0. The first kappa shape index (κ1) is 16.5. The third-order valence-electron chi connectivity index (χ3n) is 3.43. The Morgan fingerprint density at radius 2 is 2.10 bits per heavy atom. The van der Waals surface area contributed by atoms with E-state index in [4.69, 9.17) is 0 Å². The van der Waals surface area contributed by atoms with Crippen LogP contribution in [0.25, 0.3) is 0 Å². The van der Waals surface area contributed by atoms with E-state index in [1.807, 2.05) is 24.9 Å². The lowest BCUT2D eigenvalue weighted by Crippen LogP contribution is -2.38. The van der Waals surface area contributed by atoms with Crippen molar-refractivity contribution in [3.63, 3.8) is 0 Å². The monoisotopic (exact) mass is 277 g/mol. The lowest BCUT2D eigenvalue weighted by molar-refractivity contribution is 0.0703. The van der Waals surface area contributed by atoms with Gasteiger partial charge in [0.15, 0.2) is 0 Å². The van der Waals surface area contributed by atoms with E-state index in [0.29, 0.717) is 5.56 Å². The molecule has 0 atom stereocenters. The molecule has 0 saturated heterocycles. The first-order chi connectivity index (χ1) is 9.51. The molecule has 0 saturated carbocycles. The van der Waals surface area contributed by atoms with Crippen molar-refractivity contribution in [2.45, 2.75) is 53.0 Å². The van der Waals surface area contributed by atoms with E-state index >= 15 is 0 Å². The molecule has 1 heterocycles. The fraction of sp³-hybridized carbons (Fsp3) is 0.625. The zero-order valence-electron chi connectivity index (χ0n) is 13.4. The normalized spacial score (nSPS) is 10.7. The average Bonchev–Trinajstić information content (AvgIpc) is 2.42. The van der Waals surface area contributed by atoms with Gasteiger partial charge in [-0.1, -0.05) is 19.8 Å². The fourth-order valence-electron chi connectivity index (χ4n) is 2.22. The molecule has 4 nitrogen and oxygen atoms in total. The second-order valence-corrected chi connectivity index (χ2v) is 5.42. The molecule has 4 heteroatoms. The van der Waals surface area contributed by atoms with Crippen LogP contribution < -0.4 is 5.32 Å². The molecule has 0 fully saturated rings. The maximum absolute atomic E-state index is 12.7. The van der Waals surface area contributed by atoms with E-state index in [-0.39, 0.29) is 11.9 Å². The molecule has 0 aromatic carbocycles. The number of carbonyl (C=O) groups excluding carboxylic acids is 1. The van der Waals surface area contributed by atoms with Crippen molar-refractivity contribution in [1.82, 2.24) is 9.88 Å². The minimum absolute atomic E-state index is 0.0629. The summed E-state index contributed by atoms with van der Waals surface area (Å²) in [6.07, 6.45) is 5.04. The van der Waals surface area contributed by atoms with E-state index in [1.54, 1.807) is 6.20 Å². The Hall–Kier alpha value is -1.58. The van der Waals surface area contributed by atoms with Crippen LogP contribution in [0.4, 0.5) is 5.69 Å². The van der Waals surface area contributed by atoms with E-state index < -0.39 is 0 Å². The van der Waals surface area contributed by atoms with Crippen LogP contribution in [-0.2, 0) is 0 Å². The Bertz CT molecular complexity index is 443. The molecule has 1 rings (SSSR count). The summed E-state index contributed by atoms with van der Waals surface area (Å²) in [5.41, 5.74) is 2.42. The number of carbonyl (C=O) groups is 1. The largest absolute Gasteiger partial charge is 0.387 e. The van der Waals surface area contributed by atoms with Crippen LogP contribution in [0.2, 0.25) is 0 Å². The van der Waals surface area contributed by atoms with Gasteiger partial charge in [0, 0.05) is 31.5 Å². The van der Waals surface area contributed by atoms with Crippen molar-refractivity contribution < 1.29 is 4.79 Å². The van der Waals surface area contributed by atoms with Gasteiger partial charge in [0.2, 0.25) is 0 Å². The summed E-state index contributed by atoms with van der Waals surface area (Å²) in [5.74, 6) is 0.0629. The van der Waals surface area contributed by atoms with Gasteiger partial charge in [-0.3, -0.25) is 9.78 Å². The fourth-order valence-corrected chi connectivity index (χ4v) is 2.22. The molecule has 0 spiro atoms. The molecule has 0 aliphatic heterocycles. The number of hydrogen-bond acceptors (Lipinski definition) is 3. The van der Waals surface area contributed by atoms with Crippen LogP contribution in [0.15, 0.2) is 12.3 Å². The lowest BCUT2D eigenvalue weighted by Gasteiger charge is -2.27. The highest BCUT2D eigenvalue weighted by Crippen LogP contribution is 2.19. The van der Waals surface area contributed by atoms with Gasteiger partial charge in [-0.05, 0) is 33.3 Å². The highest BCUT2D eigenvalue weighted by molar-refractivity contribution is 5.99. The number of rotatable bonds is 7. The average molecular weight is 277 g/mol. The standard InChI is InChI=1S/C16H27N3O/c1-6-7-8-9-19(12(2)3)16(20)14-11-18-13(4)10-15(14)17-5/h10-12H,6-9H2,1-5H3,(H,17,18). The van der Waals surface area contributed by atoms with Gasteiger partial charge < -0.3 is 10.2 Å². The van der Waals surface area contributed by atoms with Crippen molar-refractivity contribution in [1.29, 1.82) is 0 Å². The molecule has 112 valence electrons. The summed E-state index contributed by atoms with van der Waals surface area (Å²) in [6, 6.07) is 2.11. The van der Waals surface area contributed by atoms with Crippen molar-refractivity contribution in [3.05, 3.63) is 23.5 Å². The smallest absolute Gasteiger partial charge is 0.257 e. The minimum atomic E-state index is 0.0629. The topological polar surface area (TPSA) is 45.2 Å². The summed E-state index contributed by atoms with van der Waals surface area (Å²) in [7, 11) is 1.84. The molecule has 1 aromatic heterocycles. The highest BCUT2D eigenvalue weighted by Gasteiger charge is 2.21. The van der Waals surface area contributed by atoms with Crippen molar-refractivity contribution in [2.24, 2.45) is 0 Å². The second kappa shape index (κ2) is 7.88. The van der Waals surface area contributed by atoms with Gasteiger partial charge in [0.25, 0.3) is 5.91 Å². The molecule has 0 unspecified atom stereocenters. The quantitative estimate of drug-likeness (QED) is 0.776. The molecule has 0 radical (unpaired) electrons. The summed E-state index contributed by atoms with van der Waals surface area (Å²) >= 11 is 0. The van der Waals surface area contributed by atoms with Crippen LogP contribution >= 0.6 is 0 Å². The molecule has 0 bridgehead atoms. The predicted octanol–water partition coefficient (Wildman–Crippen LogP) is 3.47. The number of hydrogen-bond donors (Lipinski definition) is 1. The number of pyridine rings is 1. The maximum atomic E-state index is 12.7. The SMILES string of the molecule is CCCCCN(C(=O)c1cnc(C)cc1NC)C(C)C. The predicted molar refractivity (Wildman–Crippen MR) is 84.2 cm³/mol. The lowest BCUT2D eigenvalue weighted by atomic mass is 10.1. The maximum Gasteiger partial charge on any atom is 0.257 e.